The van der Waals surface area contributed by atoms with Gasteiger partial charge in [-0.25, -0.2) is 4.98 Å². The van der Waals surface area contributed by atoms with E-state index >= 15 is 0 Å². The number of aromatic amines is 2. The lowest BCUT2D eigenvalue weighted by atomic mass is 9.87. The van der Waals surface area contributed by atoms with E-state index in [0.29, 0.717) is 5.92 Å². The molecule has 0 saturated heterocycles. The quantitative estimate of drug-likeness (QED) is 0.226. The van der Waals surface area contributed by atoms with E-state index in [1.54, 1.807) is 0 Å². The van der Waals surface area contributed by atoms with Crippen molar-refractivity contribution in [3.8, 4) is 22.6 Å². The highest BCUT2D eigenvalue weighted by Crippen LogP contribution is 2.34. The van der Waals surface area contributed by atoms with E-state index in [2.05, 4.69) is 79.5 Å². The molecule has 7 heteroatoms. The van der Waals surface area contributed by atoms with Crippen LogP contribution < -0.4 is 5.32 Å². The predicted molar refractivity (Wildman–Crippen MR) is 153 cm³/mol. The summed E-state index contributed by atoms with van der Waals surface area (Å²) in [5.74, 6) is 1.26. The molecule has 38 heavy (non-hydrogen) atoms. The van der Waals surface area contributed by atoms with Crippen LogP contribution in [0.5, 0.6) is 0 Å². The summed E-state index contributed by atoms with van der Waals surface area (Å²) >= 11 is 0. The molecule has 0 spiro atoms. The smallest absolute Gasteiger partial charge is 0.159 e. The Morgan fingerprint density at radius 2 is 1.84 bits per heavy atom. The molecule has 0 aliphatic heterocycles. The number of rotatable bonds is 6. The normalized spacial score (nSPS) is 15.8. The molecule has 0 amide bonds. The Morgan fingerprint density at radius 3 is 2.71 bits per heavy atom. The van der Waals surface area contributed by atoms with Crippen LogP contribution in [0.2, 0.25) is 0 Å². The Hall–Kier alpha value is -4.52. The highest BCUT2D eigenvalue weighted by molar-refractivity contribution is 5.98. The summed E-state index contributed by atoms with van der Waals surface area (Å²) in [5, 5.41) is 12.3. The number of nitrogens with one attached hydrogen (secondary N) is 3. The first-order valence-corrected chi connectivity index (χ1v) is 13.3. The maximum Gasteiger partial charge on any atom is 0.159 e. The first kappa shape index (κ1) is 22.7. The number of anilines is 1. The minimum Gasteiger partial charge on any atom is -0.358 e. The number of aromatic nitrogens is 6. The third-order valence-electron chi connectivity index (χ3n) is 7.74. The van der Waals surface area contributed by atoms with Crippen molar-refractivity contribution < 1.29 is 0 Å². The Morgan fingerprint density at radius 1 is 0.947 bits per heavy atom. The monoisotopic (exact) mass is 499 g/mol. The molecule has 7 rings (SSSR count). The van der Waals surface area contributed by atoms with E-state index in [1.165, 1.54) is 32.1 Å². The Labute approximate surface area is 220 Å². The van der Waals surface area contributed by atoms with Crippen LogP contribution in [0.3, 0.4) is 0 Å². The van der Waals surface area contributed by atoms with Gasteiger partial charge in [0, 0.05) is 34.6 Å². The van der Waals surface area contributed by atoms with Crippen LogP contribution in [-0.4, -0.2) is 30.1 Å². The van der Waals surface area contributed by atoms with Crippen LogP contribution in [0, 0.1) is 5.92 Å². The second kappa shape index (κ2) is 9.41. The van der Waals surface area contributed by atoms with Crippen molar-refractivity contribution in [2.24, 2.45) is 5.92 Å². The van der Waals surface area contributed by atoms with Crippen molar-refractivity contribution in [2.45, 2.75) is 38.5 Å². The van der Waals surface area contributed by atoms with Gasteiger partial charge in [0.05, 0.1) is 34.6 Å². The van der Waals surface area contributed by atoms with Gasteiger partial charge in [0.2, 0.25) is 0 Å². The zero-order valence-electron chi connectivity index (χ0n) is 21.2. The lowest BCUT2D eigenvalue weighted by molar-refractivity contribution is 0.405. The highest BCUT2D eigenvalue weighted by atomic mass is 15.1. The third kappa shape index (κ3) is 4.10. The molecule has 4 heterocycles. The molecule has 5 aromatic rings. The Balaban J connectivity index is 1.22. The van der Waals surface area contributed by atoms with Crippen LogP contribution in [-0.2, 0) is 0 Å². The second-order valence-electron chi connectivity index (χ2n) is 10.2. The van der Waals surface area contributed by atoms with Crippen LogP contribution in [0.15, 0.2) is 79.6 Å². The average Bonchev–Trinajstić information content (AvgIpc) is 3.73. The maximum atomic E-state index is 4.96. The summed E-state index contributed by atoms with van der Waals surface area (Å²) in [7, 11) is 0. The number of pyridine rings is 2. The van der Waals surface area contributed by atoms with E-state index in [-0.39, 0.29) is 0 Å². The molecule has 0 radical (unpaired) electrons. The fourth-order valence-electron chi connectivity index (χ4n) is 5.69. The minimum absolute atomic E-state index is 0.540. The Kier molecular flexibility index (Phi) is 5.61. The standard InChI is InChI=1S/C31H29N7/c1-19(20-7-3-2-4-8-20)34-24-13-23(15-32-16-24)22-11-12-27-25(14-22)30(38-37-27)31-35-28-18-33-17-26(29(28)36-31)21-9-5-6-10-21/h5,9-18,20,34H,1-4,6-8H2,(H,35,36)(H,37,38). The average molecular weight is 500 g/mol. The van der Waals surface area contributed by atoms with Gasteiger partial charge < -0.3 is 10.3 Å². The highest BCUT2D eigenvalue weighted by Gasteiger charge is 2.18. The van der Waals surface area contributed by atoms with Crippen molar-refractivity contribution in [2.75, 3.05) is 5.32 Å². The lowest BCUT2D eigenvalue weighted by Crippen LogP contribution is -2.14. The summed E-state index contributed by atoms with van der Waals surface area (Å²) in [6, 6.07) is 8.45. The molecule has 0 unspecified atom stereocenters. The van der Waals surface area contributed by atoms with Crippen LogP contribution in [0.25, 0.3) is 50.2 Å². The number of benzene rings is 1. The molecule has 1 saturated carbocycles. The van der Waals surface area contributed by atoms with Gasteiger partial charge in [-0.2, -0.15) is 5.10 Å². The van der Waals surface area contributed by atoms with Crippen LogP contribution in [0.1, 0.15) is 44.1 Å². The van der Waals surface area contributed by atoms with Gasteiger partial charge in [0.1, 0.15) is 5.69 Å². The largest absolute Gasteiger partial charge is 0.358 e. The Bertz CT molecular complexity index is 1730. The van der Waals surface area contributed by atoms with Crippen LogP contribution in [0.4, 0.5) is 5.69 Å². The predicted octanol–water partition coefficient (Wildman–Crippen LogP) is 7.41. The van der Waals surface area contributed by atoms with Crippen molar-refractivity contribution in [3.63, 3.8) is 0 Å². The van der Waals surface area contributed by atoms with E-state index < -0.39 is 0 Å². The number of hydrogen-bond donors (Lipinski definition) is 3. The third-order valence-corrected chi connectivity index (χ3v) is 7.74. The number of fused-ring (bicyclic) bond motifs is 2. The topological polar surface area (TPSA) is 95.2 Å². The second-order valence-corrected chi connectivity index (χ2v) is 10.2. The van der Waals surface area contributed by atoms with Gasteiger partial charge in [-0.3, -0.25) is 15.1 Å². The molecule has 7 nitrogen and oxygen atoms in total. The summed E-state index contributed by atoms with van der Waals surface area (Å²) < 4.78 is 0. The summed E-state index contributed by atoms with van der Waals surface area (Å²) in [5.41, 5.74) is 9.90. The van der Waals surface area contributed by atoms with E-state index in [9.17, 15) is 0 Å². The van der Waals surface area contributed by atoms with E-state index in [1.807, 2.05) is 24.8 Å². The number of nitrogens with zero attached hydrogens (tertiary/aromatic N) is 4. The van der Waals surface area contributed by atoms with Gasteiger partial charge in [0.25, 0.3) is 0 Å². The zero-order chi connectivity index (χ0) is 25.5. The first-order valence-electron chi connectivity index (χ1n) is 13.3. The number of allylic oxidation sites excluding steroid dienone is 5. The number of H-pyrrole nitrogens is 2. The van der Waals surface area contributed by atoms with Gasteiger partial charge >= 0.3 is 0 Å². The molecule has 3 N–H and O–H groups in total. The fourth-order valence-corrected chi connectivity index (χ4v) is 5.69. The van der Waals surface area contributed by atoms with Gasteiger partial charge in [-0.1, -0.05) is 50.1 Å². The van der Waals surface area contributed by atoms with Crippen molar-refractivity contribution in [1.29, 1.82) is 0 Å². The molecular weight excluding hydrogens is 470 g/mol. The molecule has 0 atom stereocenters. The van der Waals surface area contributed by atoms with Crippen molar-refractivity contribution in [3.05, 3.63) is 85.1 Å². The summed E-state index contributed by atoms with van der Waals surface area (Å²) in [6.07, 6.45) is 21.2. The zero-order valence-corrected chi connectivity index (χ0v) is 21.2. The SMILES string of the molecule is C=C(Nc1cncc(-c2ccc3[nH]nc(-c4nc5c(C6=CCC=C6)cncc5[nH]4)c3c2)c1)C1CCCCC1. The fraction of sp³-hybridized carbons (Fsp3) is 0.226. The van der Waals surface area contributed by atoms with E-state index in [0.717, 1.165) is 73.5 Å². The maximum absolute atomic E-state index is 4.96. The first-order chi connectivity index (χ1) is 18.7. The summed E-state index contributed by atoms with van der Waals surface area (Å²) in [4.78, 5) is 17.3. The minimum atomic E-state index is 0.540. The van der Waals surface area contributed by atoms with Crippen molar-refractivity contribution >= 4 is 33.2 Å². The van der Waals surface area contributed by atoms with E-state index in [4.69, 9.17) is 4.98 Å². The van der Waals surface area contributed by atoms with Crippen molar-refractivity contribution in [1.82, 2.24) is 30.1 Å². The number of imidazole rings is 1. The molecule has 2 aliphatic carbocycles. The molecule has 188 valence electrons. The number of hydrogen-bond acceptors (Lipinski definition) is 5. The molecular formula is C31H29N7. The van der Waals surface area contributed by atoms with Gasteiger partial charge in [-0.05, 0) is 54.5 Å². The van der Waals surface area contributed by atoms with Gasteiger partial charge in [-0.15, -0.1) is 0 Å². The molecule has 1 fully saturated rings. The van der Waals surface area contributed by atoms with Gasteiger partial charge in [0.15, 0.2) is 5.82 Å². The lowest BCUT2D eigenvalue weighted by Gasteiger charge is -2.24. The summed E-state index contributed by atoms with van der Waals surface area (Å²) in [6.45, 7) is 4.33. The molecule has 4 aromatic heterocycles. The molecule has 0 bridgehead atoms. The van der Waals surface area contributed by atoms with Crippen LogP contribution >= 0.6 is 0 Å². The molecule has 2 aliphatic rings. The molecule has 1 aromatic carbocycles.